The SMILES string of the molecule is CC(C)(C)C(=O)N1CCc2ccc(OCc3ccc(C(=O)NCCN4CCCC4)o3)cc2C1c1cccc(F)c1. The predicted molar refractivity (Wildman–Crippen MR) is 151 cm³/mol. The second-order valence-corrected chi connectivity index (χ2v) is 11.7. The molecule has 2 amide bonds. The first-order valence-electron chi connectivity index (χ1n) is 14.1. The summed E-state index contributed by atoms with van der Waals surface area (Å²) in [7, 11) is 0. The first kappa shape index (κ1) is 27.9. The highest BCUT2D eigenvalue weighted by molar-refractivity contribution is 5.91. The van der Waals surface area contributed by atoms with E-state index in [0.29, 0.717) is 31.0 Å². The number of benzene rings is 2. The van der Waals surface area contributed by atoms with E-state index in [4.69, 9.17) is 9.15 Å². The number of rotatable bonds is 8. The number of halogens is 1. The van der Waals surface area contributed by atoms with Gasteiger partial charge in [0, 0.05) is 25.0 Å². The van der Waals surface area contributed by atoms with E-state index in [1.165, 1.54) is 25.0 Å². The average molecular weight is 548 g/mol. The Labute approximate surface area is 235 Å². The van der Waals surface area contributed by atoms with Crippen LogP contribution < -0.4 is 10.1 Å². The summed E-state index contributed by atoms with van der Waals surface area (Å²) in [5, 5.41) is 2.92. The molecule has 1 unspecified atom stereocenters. The van der Waals surface area contributed by atoms with Crippen molar-refractivity contribution in [3.63, 3.8) is 0 Å². The van der Waals surface area contributed by atoms with Gasteiger partial charge in [-0.05, 0) is 85.4 Å². The molecule has 2 aromatic carbocycles. The fourth-order valence-corrected chi connectivity index (χ4v) is 5.52. The van der Waals surface area contributed by atoms with Crippen molar-refractivity contribution in [3.05, 3.63) is 88.6 Å². The average Bonchev–Trinajstić information content (AvgIpc) is 3.63. The van der Waals surface area contributed by atoms with Gasteiger partial charge in [-0.25, -0.2) is 4.39 Å². The van der Waals surface area contributed by atoms with Crippen molar-refractivity contribution in [1.29, 1.82) is 0 Å². The Morgan fingerprint density at radius 3 is 2.60 bits per heavy atom. The Morgan fingerprint density at radius 2 is 1.85 bits per heavy atom. The Morgan fingerprint density at radius 1 is 1.05 bits per heavy atom. The fourth-order valence-electron chi connectivity index (χ4n) is 5.52. The van der Waals surface area contributed by atoms with Crippen LogP contribution in [0.3, 0.4) is 0 Å². The summed E-state index contributed by atoms with van der Waals surface area (Å²) in [5.41, 5.74) is 2.17. The lowest BCUT2D eigenvalue weighted by Crippen LogP contribution is -2.45. The number of likely N-dealkylation sites (tertiary alicyclic amines) is 1. The summed E-state index contributed by atoms with van der Waals surface area (Å²) in [4.78, 5) is 30.1. The van der Waals surface area contributed by atoms with Gasteiger partial charge in [-0.3, -0.25) is 9.59 Å². The first-order valence-corrected chi connectivity index (χ1v) is 14.1. The van der Waals surface area contributed by atoms with Crippen LogP contribution in [0.15, 0.2) is 59.0 Å². The molecule has 1 atom stereocenters. The third-order valence-corrected chi connectivity index (χ3v) is 7.59. The van der Waals surface area contributed by atoms with Crippen molar-refractivity contribution < 1.29 is 23.1 Å². The van der Waals surface area contributed by atoms with Gasteiger partial charge in [0.05, 0.1) is 6.04 Å². The van der Waals surface area contributed by atoms with Crippen LogP contribution in [0.25, 0.3) is 0 Å². The number of carbonyl (C=O) groups is 2. The van der Waals surface area contributed by atoms with Gasteiger partial charge in [-0.15, -0.1) is 0 Å². The van der Waals surface area contributed by atoms with Gasteiger partial charge in [0.15, 0.2) is 5.76 Å². The first-order chi connectivity index (χ1) is 19.2. The number of furan rings is 1. The number of amides is 2. The lowest BCUT2D eigenvalue weighted by molar-refractivity contribution is -0.141. The van der Waals surface area contributed by atoms with Crippen LogP contribution in [-0.4, -0.2) is 54.3 Å². The summed E-state index contributed by atoms with van der Waals surface area (Å²) in [6, 6.07) is 15.3. The normalized spacial score (nSPS) is 17.5. The van der Waals surface area contributed by atoms with E-state index in [2.05, 4.69) is 10.2 Å². The Kier molecular flexibility index (Phi) is 8.26. The zero-order chi connectivity index (χ0) is 28.3. The van der Waals surface area contributed by atoms with Gasteiger partial charge in [-0.1, -0.05) is 39.0 Å². The van der Waals surface area contributed by atoms with Gasteiger partial charge < -0.3 is 24.3 Å². The molecular weight excluding hydrogens is 509 g/mol. The third-order valence-electron chi connectivity index (χ3n) is 7.59. The summed E-state index contributed by atoms with van der Waals surface area (Å²) >= 11 is 0. The Balaban J connectivity index is 1.29. The van der Waals surface area contributed by atoms with Crippen molar-refractivity contribution >= 4 is 11.8 Å². The summed E-state index contributed by atoms with van der Waals surface area (Å²) in [5.74, 6) is 0.843. The van der Waals surface area contributed by atoms with Crippen LogP contribution in [0.2, 0.25) is 0 Å². The smallest absolute Gasteiger partial charge is 0.287 e. The molecule has 40 heavy (non-hydrogen) atoms. The highest BCUT2D eigenvalue weighted by atomic mass is 19.1. The minimum atomic E-state index is -0.575. The molecule has 0 spiro atoms. The van der Waals surface area contributed by atoms with Crippen molar-refractivity contribution in [2.75, 3.05) is 32.7 Å². The highest BCUT2D eigenvalue weighted by Crippen LogP contribution is 2.39. The molecular formula is C32H38FN3O4. The zero-order valence-electron chi connectivity index (χ0n) is 23.5. The molecule has 5 rings (SSSR count). The number of ether oxygens (including phenoxy) is 1. The van der Waals surface area contributed by atoms with Crippen LogP contribution in [0.1, 0.15) is 72.7 Å². The van der Waals surface area contributed by atoms with Gasteiger partial charge in [0.1, 0.15) is 23.9 Å². The number of nitrogens with one attached hydrogen (secondary N) is 1. The molecule has 1 fully saturated rings. The molecule has 0 aliphatic carbocycles. The number of fused-ring (bicyclic) bond motifs is 1. The zero-order valence-corrected chi connectivity index (χ0v) is 23.5. The minimum Gasteiger partial charge on any atom is -0.486 e. The maximum atomic E-state index is 14.3. The van der Waals surface area contributed by atoms with Crippen molar-refractivity contribution in [2.24, 2.45) is 5.41 Å². The van der Waals surface area contributed by atoms with E-state index >= 15 is 0 Å². The summed E-state index contributed by atoms with van der Waals surface area (Å²) in [6.45, 7) is 10.0. The third kappa shape index (κ3) is 6.39. The van der Waals surface area contributed by atoms with E-state index in [1.807, 2.05) is 49.9 Å². The molecule has 212 valence electrons. The lowest BCUT2D eigenvalue weighted by atomic mass is 9.85. The molecule has 2 aliphatic rings. The largest absolute Gasteiger partial charge is 0.486 e. The molecule has 3 heterocycles. The van der Waals surface area contributed by atoms with Gasteiger partial charge >= 0.3 is 0 Å². The molecule has 3 aromatic rings. The maximum absolute atomic E-state index is 14.3. The molecule has 7 nitrogen and oxygen atoms in total. The number of nitrogens with zero attached hydrogens (tertiary/aromatic N) is 2. The maximum Gasteiger partial charge on any atom is 0.287 e. The van der Waals surface area contributed by atoms with Crippen LogP contribution in [0.4, 0.5) is 4.39 Å². The van der Waals surface area contributed by atoms with E-state index in [1.54, 1.807) is 18.2 Å². The van der Waals surface area contributed by atoms with Gasteiger partial charge in [-0.2, -0.15) is 0 Å². The summed E-state index contributed by atoms with van der Waals surface area (Å²) < 4.78 is 26.1. The predicted octanol–water partition coefficient (Wildman–Crippen LogP) is 5.34. The second kappa shape index (κ2) is 11.8. The monoisotopic (exact) mass is 547 g/mol. The van der Waals surface area contributed by atoms with E-state index in [-0.39, 0.29) is 30.0 Å². The molecule has 1 aromatic heterocycles. The standard InChI is InChI=1S/C32H38FN3O4/c1-32(2,3)31(38)36-17-13-22-9-10-25(20-27(22)29(36)23-7-6-8-24(33)19-23)39-21-26-11-12-28(40-26)30(37)34-14-18-35-15-4-5-16-35/h6-12,19-20,29H,4-5,13-18,21H2,1-3H3,(H,34,37). The van der Waals surface area contributed by atoms with Crippen LogP contribution >= 0.6 is 0 Å². The van der Waals surface area contributed by atoms with Gasteiger partial charge in [0.25, 0.3) is 5.91 Å². The molecule has 0 bridgehead atoms. The Bertz CT molecular complexity index is 1360. The van der Waals surface area contributed by atoms with Crippen molar-refractivity contribution in [3.8, 4) is 5.75 Å². The fraction of sp³-hybridized carbons (Fsp3) is 0.438. The van der Waals surface area contributed by atoms with Crippen LogP contribution in [-0.2, 0) is 17.8 Å². The second-order valence-electron chi connectivity index (χ2n) is 11.7. The molecule has 1 N–H and O–H groups in total. The van der Waals surface area contributed by atoms with Crippen LogP contribution in [0, 0.1) is 11.2 Å². The van der Waals surface area contributed by atoms with E-state index in [0.717, 1.165) is 36.3 Å². The molecule has 0 saturated carbocycles. The van der Waals surface area contributed by atoms with Crippen molar-refractivity contribution in [2.45, 2.75) is 52.7 Å². The molecule has 0 radical (unpaired) electrons. The molecule has 8 heteroatoms. The highest BCUT2D eigenvalue weighted by Gasteiger charge is 2.37. The number of hydrogen-bond donors (Lipinski definition) is 1. The topological polar surface area (TPSA) is 75.0 Å². The van der Waals surface area contributed by atoms with Crippen molar-refractivity contribution in [1.82, 2.24) is 15.1 Å². The van der Waals surface area contributed by atoms with E-state index < -0.39 is 11.5 Å². The van der Waals surface area contributed by atoms with E-state index in [9.17, 15) is 14.0 Å². The minimum absolute atomic E-state index is 0.0144. The molecule has 2 aliphatic heterocycles. The van der Waals surface area contributed by atoms with Crippen LogP contribution in [0.5, 0.6) is 5.75 Å². The molecule has 1 saturated heterocycles. The quantitative estimate of drug-likeness (QED) is 0.412. The Hall–Kier alpha value is -3.65. The van der Waals surface area contributed by atoms with Gasteiger partial charge in [0.2, 0.25) is 5.91 Å². The number of hydrogen-bond acceptors (Lipinski definition) is 5. The lowest BCUT2D eigenvalue weighted by Gasteiger charge is -2.41. The number of carbonyl (C=O) groups excluding carboxylic acids is 2. The summed E-state index contributed by atoms with van der Waals surface area (Å²) in [6.07, 6.45) is 3.15.